The monoisotopic (exact) mass is 320 g/mol. The number of nitrogens with zero attached hydrogens (tertiary/aromatic N) is 1. The summed E-state index contributed by atoms with van der Waals surface area (Å²) in [6.07, 6.45) is 0. The lowest BCUT2D eigenvalue weighted by Crippen LogP contribution is -2.02. The maximum absolute atomic E-state index is 6.00. The molecular formula is C12H8Cl4N2. The molecule has 0 aliphatic carbocycles. The Kier molecular flexibility index (Phi) is 4.57. The van der Waals surface area contributed by atoms with E-state index in [-0.39, 0.29) is 5.15 Å². The Morgan fingerprint density at radius 1 is 1.00 bits per heavy atom. The smallest absolute Gasteiger partial charge is 0.150 e. The van der Waals surface area contributed by atoms with Gasteiger partial charge in [0.15, 0.2) is 0 Å². The Hall–Kier alpha value is -0.670. The topological polar surface area (TPSA) is 24.9 Å². The van der Waals surface area contributed by atoms with Gasteiger partial charge in [-0.2, -0.15) is 0 Å². The van der Waals surface area contributed by atoms with Crippen molar-refractivity contribution in [1.29, 1.82) is 0 Å². The van der Waals surface area contributed by atoms with E-state index in [2.05, 4.69) is 10.3 Å². The van der Waals surface area contributed by atoms with E-state index in [4.69, 9.17) is 46.4 Å². The lowest BCUT2D eigenvalue weighted by Gasteiger charge is -2.08. The summed E-state index contributed by atoms with van der Waals surface area (Å²) in [5, 5.41) is 4.73. The van der Waals surface area contributed by atoms with Gasteiger partial charge in [0, 0.05) is 11.6 Å². The highest BCUT2D eigenvalue weighted by Gasteiger charge is 2.07. The molecule has 0 aliphatic heterocycles. The fraction of sp³-hybridized carbons (Fsp3) is 0.0833. The second kappa shape index (κ2) is 5.98. The summed E-state index contributed by atoms with van der Waals surface area (Å²) in [5.41, 5.74) is 1.02. The quantitative estimate of drug-likeness (QED) is 0.775. The number of rotatable bonds is 3. The summed E-state index contributed by atoms with van der Waals surface area (Å²) in [5.74, 6) is 0.492. The Balaban J connectivity index is 2.13. The van der Waals surface area contributed by atoms with Crippen LogP contribution >= 0.6 is 46.4 Å². The average molecular weight is 322 g/mol. The summed E-state index contributed by atoms with van der Waals surface area (Å²) in [6.45, 7) is 0.547. The second-order valence-corrected chi connectivity index (χ2v) is 5.18. The fourth-order valence-electron chi connectivity index (χ4n) is 1.40. The van der Waals surface area contributed by atoms with Gasteiger partial charge in [0.1, 0.15) is 11.0 Å². The number of hydrogen-bond donors (Lipinski definition) is 1. The average Bonchev–Trinajstić information content (AvgIpc) is 2.32. The van der Waals surface area contributed by atoms with Crippen LogP contribution in [0.5, 0.6) is 0 Å². The fourth-order valence-corrected chi connectivity index (χ4v) is 2.18. The van der Waals surface area contributed by atoms with Crippen LogP contribution in [0.15, 0.2) is 30.3 Å². The number of benzene rings is 1. The van der Waals surface area contributed by atoms with Gasteiger partial charge in [-0.15, -0.1) is 0 Å². The van der Waals surface area contributed by atoms with Crippen molar-refractivity contribution >= 4 is 52.2 Å². The van der Waals surface area contributed by atoms with Crippen molar-refractivity contribution in [2.75, 3.05) is 5.32 Å². The van der Waals surface area contributed by atoms with Crippen LogP contribution in [0.1, 0.15) is 5.56 Å². The number of nitrogens with one attached hydrogen (secondary N) is 1. The van der Waals surface area contributed by atoms with E-state index >= 15 is 0 Å². The van der Waals surface area contributed by atoms with Crippen molar-refractivity contribution in [3.63, 3.8) is 0 Å². The number of hydrogen-bond acceptors (Lipinski definition) is 2. The Morgan fingerprint density at radius 2 is 1.78 bits per heavy atom. The molecule has 0 saturated heterocycles. The van der Waals surface area contributed by atoms with E-state index in [0.717, 1.165) is 5.56 Å². The molecule has 0 unspecified atom stereocenters. The molecule has 2 aromatic rings. The molecule has 2 nitrogen and oxygen atoms in total. The van der Waals surface area contributed by atoms with Gasteiger partial charge in [-0.25, -0.2) is 4.98 Å². The third-order valence-corrected chi connectivity index (χ3v) is 3.43. The molecule has 18 heavy (non-hydrogen) atoms. The van der Waals surface area contributed by atoms with Gasteiger partial charge in [0.2, 0.25) is 0 Å². The van der Waals surface area contributed by atoms with Crippen LogP contribution in [-0.2, 0) is 6.54 Å². The summed E-state index contributed by atoms with van der Waals surface area (Å²) in [7, 11) is 0. The van der Waals surface area contributed by atoms with Gasteiger partial charge >= 0.3 is 0 Å². The van der Waals surface area contributed by atoms with E-state index < -0.39 is 0 Å². The minimum atomic E-state index is 0.217. The van der Waals surface area contributed by atoms with E-state index in [1.54, 1.807) is 6.07 Å². The molecule has 1 heterocycles. The predicted octanol–water partition coefficient (Wildman–Crippen LogP) is 5.31. The maximum atomic E-state index is 6.00. The highest BCUT2D eigenvalue weighted by Crippen LogP contribution is 2.29. The molecule has 1 N–H and O–H groups in total. The van der Waals surface area contributed by atoms with Crippen molar-refractivity contribution in [3.8, 4) is 0 Å². The summed E-state index contributed by atoms with van der Waals surface area (Å²) in [6, 6.07) is 9.06. The molecule has 94 valence electrons. The zero-order valence-electron chi connectivity index (χ0n) is 9.05. The third kappa shape index (κ3) is 3.42. The van der Waals surface area contributed by atoms with Crippen molar-refractivity contribution in [1.82, 2.24) is 4.98 Å². The van der Waals surface area contributed by atoms with Crippen molar-refractivity contribution in [2.45, 2.75) is 6.54 Å². The molecule has 0 aliphatic rings. The van der Waals surface area contributed by atoms with Gasteiger partial charge in [-0.3, -0.25) is 0 Å². The van der Waals surface area contributed by atoms with E-state index in [0.29, 0.717) is 27.4 Å². The van der Waals surface area contributed by atoms with Crippen molar-refractivity contribution < 1.29 is 0 Å². The lowest BCUT2D eigenvalue weighted by molar-refractivity contribution is 1.11. The molecular weight excluding hydrogens is 314 g/mol. The molecule has 2 rings (SSSR count). The first-order chi connectivity index (χ1) is 8.56. The van der Waals surface area contributed by atoms with Crippen LogP contribution in [-0.4, -0.2) is 4.98 Å². The van der Waals surface area contributed by atoms with Crippen LogP contribution in [0.25, 0.3) is 0 Å². The third-order valence-electron chi connectivity index (χ3n) is 2.24. The Morgan fingerprint density at radius 3 is 2.50 bits per heavy atom. The zero-order chi connectivity index (χ0) is 13.1. The second-order valence-electron chi connectivity index (χ2n) is 3.57. The molecule has 0 saturated carbocycles. The molecule has 0 radical (unpaired) electrons. The number of halogens is 4. The largest absolute Gasteiger partial charge is 0.365 e. The number of anilines is 1. The maximum Gasteiger partial charge on any atom is 0.150 e. The summed E-state index contributed by atoms with van der Waals surface area (Å²) in [4.78, 5) is 4.07. The molecule has 0 bridgehead atoms. The molecule has 0 atom stereocenters. The number of aromatic nitrogens is 1. The van der Waals surface area contributed by atoms with Gasteiger partial charge in [0.25, 0.3) is 0 Å². The minimum absolute atomic E-state index is 0.217. The zero-order valence-corrected chi connectivity index (χ0v) is 12.1. The Labute approximate surface area is 125 Å². The molecule has 1 aromatic heterocycles. The van der Waals surface area contributed by atoms with Gasteiger partial charge in [-0.05, 0) is 23.8 Å². The van der Waals surface area contributed by atoms with Crippen LogP contribution in [0.4, 0.5) is 5.82 Å². The summed E-state index contributed by atoms with van der Waals surface area (Å²) < 4.78 is 0. The van der Waals surface area contributed by atoms with Crippen LogP contribution in [0.2, 0.25) is 20.2 Å². The SMILES string of the molecule is Clc1cccc(CNc2nc(Cl)c(Cl)cc2Cl)c1. The van der Waals surface area contributed by atoms with Gasteiger partial charge in [-0.1, -0.05) is 58.5 Å². The minimum Gasteiger partial charge on any atom is -0.365 e. The Bertz CT molecular complexity index is 572. The number of pyridine rings is 1. The van der Waals surface area contributed by atoms with Crippen LogP contribution in [0.3, 0.4) is 0 Å². The molecule has 0 amide bonds. The summed E-state index contributed by atoms with van der Waals surface area (Å²) >= 11 is 23.5. The van der Waals surface area contributed by atoms with E-state index in [1.807, 2.05) is 24.3 Å². The molecule has 0 fully saturated rings. The normalized spacial score (nSPS) is 10.4. The van der Waals surface area contributed by atoms with E-state index in [1.165, 1.54) is 0 Å². The molecule has 6 heteroatoms. The highest BCUT2D eigenvalue weighted by atomic mass is 35.5. The first-order valence-electron chi connectivity index (χ1n) is 5.06. The van der Waals surface area contributed by atoms with Crippen molar-refractivity contribution in [2.24, 2.45) is 0 Å². The highest BCUT2D eigenvalue weighted by molar-refractivity contribution is 6.42. The van der Waals surface area contributed by atoms with Gasteiger partial charge < -0.3 is 5.32 Å². The molecule has 1 aromatic carbocycles. The standard InChI is InChI=1S/C12H8Cl4N2/c13-8-3-1-2-7(4-8)6-17-12-10(15)5-9(14)11(16)18-12/h1-5H,6H2,(H,17,18). The first-order valence-corrected chi connectivity index (χ1v) is 6.57. The van der Waals surface area contributed by atoms with E-state index in [9.17, 15) is 0 Å². The first kappa shape index (κ1) is 13.8. The van der Waals surface area contributed by atoms with Crippen LogP contribution < -0.4 is 5.32 Å². The van der Waals surface area contributed by atoms with Crippen LogP contribution in [0, 0.1) is 0 Å². The lowest BCUT2D eigenvalue weighted by atomic mass is 10.2. The van der Waals surface area contributed by atoms with Gasteiger partial charge in [0.05, 0.1) is 10.0 Å². The predicted molar refractivity (Wildman–Crippen MR) is 78.0 cm³/mol. The molecule has 0 spiro atoms. The van der Waals surface area contributed by atoms with Crippen molar-refractivity contribution in [3.05, 3.63) is 56.1 Å².